The lowest BCUT2D eigenvalue weighted by atomic mass is 10.1. The van der Waals surface area contributed by atoms with Gasteiger partial charge in [0, 0.05) is 26.1 Å². The van der Waals surface area contributed by atoms with Crippen molar-refractivity contribution >= 4 is 5.95 Å². The zero-order chi connectivity index (χ0) is 18.7. The van der Waals surface area contributed by atoms with Crippen molar-refractivity contribution in [1.29, 1.82) is 0 Å². The molecule has 0 bridgehead atoms. The lowest BCUT2D eigenvalue weighted by Gasteiger charge is -2.19. The zero-order valence-electron chi connectivity index (χ0n) is 14.2. The fourth-order valence-corrected chi connectivity index (χ4v) is 2.85. The number of alkyl halides is 3. The number of benzene rings is 1. The molecule has 140 valence electrons. The minimum absolute atomic E-state index is 0.262. The average Bonchev–Trinajstić information content (AvgIpc) is 2.62. The molecule has 0 fully saturated rings. The fourth-order valence-electron chi connectivity index (χ4n) is 2.85. The first-order valence-electron chi connectivity index (χ1n) is 8.20. The second-order valence-electron chi connectivity index (χ2n) is 5.94. The lowest BCUT2D eigenvalue weighted by Crippen LogP contribution is -2.38. The van der Waals surface area contributed by atoms with Crippen molar-refractivity contribution < 1.29 is 18.0 Å². The first-order valence-corrected chi connectivity index (χ1v) is 8.20. The van der Waals surface area contributed by atoms with Gasteiger partial charge in [0.2, 0.25) is 5.95 Å². The van der Waals surface area contributed by atoms with Crippen molar-refractivity contribution in [3.63, 3.8) is 0 Å². The monoisotopic (exact) mass is 368 g/mol. The molecule has 0 saturated heterocycles. The Morgan fingerprint density at radius 2 is 2.04 bits per heavy atom. The number of hydrogen-bond donors (Lipinski definition) is 2. The Hall–Kier alpha value is -2.55. The van der Waals surface area contributed by atoms with Gasteiger partial charge in [-0.2, -0.15) is 13.2 Å². The third-order valence-electron chi connectivity index (χ3n) is 4.23. The summed E-state index contributed by atoms with van der Waals surface area (Å²) in [4.78, 5) is 22.0. The normalized spacial score (nSPS) is 14.0. The summed E-state index contributed by atoms with van der Waals surface area (Å²) < 4.78 is 38.8. The van der Waals surface area contributed by atoms with E-state index in [-0.39, 0.29) is 5.56 Å². The van der Waals surface area contributed by atoms with Gasteiger partial charge in [0.1, 0.15) is 7.11 Å². The van der Waals surface area contributed by atoms with Gasteiger partial charge >= 0.3 is 6.18 Å². The van der Waals surface area contributed by atoms with Gasteiger partial charge in [0.15, 0.2) is 0 Å². The Balaban J connectivity index is 1.70. The number of anilines is 1. The topological polar surface area (TPSA) is 68.2 Å². The summed E-state index contributed by atoms with van der Waals surface area (Å²) in [5, 5.41) is 6.16. The molecule has 0 saturated carbocycles. The molecule has 3 rings (SSSR count). The molecule has 26 heavy (non-hydrogen) atoms. The lowest BCUT2D eigenvalue weighted by molar-refractivity contribution is -0.137. The highest BCUT2D eigenvalue weighted by molar-refractivity contribution is 5.33. The first kappa shape index (κ1) is 18.2. The zero-order valence-corrected chi connectivity index (χ0v) is 14.2. The largest absolute Gasteiger partial charge is 0.416 e. The van der Waals surface area contributed by atoms with E-state index in [2.05, 4.69) is 15.6 Å². The second kappa shape index (κ2) is 7.36. The minimum atomic E-state index is -4.34. The summed E-state index contributed by atoms with van der Waals surface area (Å²) in [6, 6.07) is 5.01. The Kier molecular flexibility index (Phi) is 5.17. The summed E-state index contributed by atoms with van der Waals surface area (Å²) in [5.74, 6) is 0.296. The predicted molar refractivity (Wildman–Crippen MR) is 90.0 cm³/mol. The van der Waals surface area contributed by atoms with Gasteiger partial charge in [-0.1, -0.05) is 12.1 Å². The van der Waals surface area contributed by atoms with E-state index in [1.54, 1.807) is 0 Å². The number of fused-ring (bicyclic) bond motifs is 1. The standard InChI is InChI=1S/C17H19F3N4O2/c1-26-24-15(25)13-10-21-8-7-14(13)23-16(24)22-9-6-11-2-4-12(5-3-11)17(18,19)20/h2-5,21H,6-10H2,1H3,(H,22,23). The van der Waals surface area contributed by atoms with E-state index in [1.165, 1.54) is 19.2 Å². The molecule has 0 radical (unpaired) electrons. The summed E-state index contributed by atoms with van der Waals surface area (Å²) in [7, 11) is 1.38. The Labute approximate surface area is 148 Å². The minimum Gasteiger partial charge on any atom is -0.411 e. The summed E-state index contributed by atoms with van der Waals surface area (Å²) in [6.07, 6.45) is -3.20. The molecular weight excluding hydrogens is 349 g/mol. The molecule has 0 amide bonds. The number of rotatable bonds is 5. The second-order valence-corrected chi connectivity index (χ2v) is 5.94. The molecule has 6 nitrogen and oxygen atoms in total. The summed E-state index contributed by atoms with van der Waals surface area (Å²) >= 11 is 0. The van der Waals surface area contributed by atoms with Gasteiger partial charge in [0.25, 0.3) is 5.56 Å². The van der Waals surface area contributed by atoms with Crippen molar-refractivity contribution in [3.05, 3.63) is 57.0 Å². The Morgan fingerprint density at radius 1 is 1.31 bits per heavy atom. The summed E-state index contributed by atoms with van der Waals surface area (Å²) in [6.45, 7) is 1.61. The van der Waals surface area contributed by atoms with Crippen LogP contribution in [-0.4, -0.2) is 29.9 Å². The van der Waals surface area contributed by atoms with E-state index in [0.29, 0.717) is 37.4 Å². The molecule has 2 heterocycles. The molecular formula is C17H19F3N4O2. The smallest absolute Gasteiger partial charge is 0.411 e. The van der Waals surface area contributed by atoms with E-state index < -0.39 is 11.7 Å². The molecule has 2 N–H and O–H groups in total. The fraction of sp³-hybridized carbons (Fsp3) is 0.412. The van der Waals surface area contributed by atoms with Crippen LogP contribution in [0, 0.1) is 0 Å². The van der Waals surface area contributed by atoms with Gasteiger partial charge in [-0.25, -0.2) is 4.98 Å². The van der Waals surface area contributed by atoms with Crippen molar-refractivity contribution in [1.82, 2.24) is 15.0 Å². The molecule has 1 aromatic carbocycles. The Morgan fingerprint density at radius 3 is 2.69 bits per heavy atom. The van der Waals surface area contributed by atoms with Gasteiger partial charge < -0.3 is 15.5 Å². The highest BCUT2D eigenvalue weighted by Crippen LogP contribution is 2.29. The van der Waals surface area contributed by atoms with Crippen LogP contribution in [0.1, 0.15) is 22.4 Å². The maximum absolute atomic E-state index is 12.6. The van der Waals surface area contributed by atoms with Crippen LogP contribution in [-0.2, 0) is 25.6 Å². The number of halogens is 3. The van der Waals surface area contributed by atoms with Gasteiger partial charge in [0.05, 0.1) is 16.8 Å². The van der Waals surface area contributed by atoms with Crippen LogP contribution in [0.2, 0.25) is 0 Å². The van der Waals surface area contributed by atoms with Gasteiger partial charge in [-0.05, 0) is 24.1 Å². The van der Waals surface area contributed by atoms with Gasteiger partial charge in [-0.15, -0.1) is 4.73 Å². The maximum Gasteiger partial charge on any atom is 0.416 e. The molecule has 9 heteroatoms. The molecule has 0 unspecified atom stereocenters. The molecule has 0 aliphatic carbocycles. The van der Waals surface area contributed by atoms with Crippen LogP contribution in [0.15, 0.2) is 29.1 Å². The van der Waals surface area contributed by atoms with Gasteiger partial charge in [-0.3, -0.25) is 4.79 Å². The molecule has 1 aromatic heterocycles. The third kappa shape index (κ3) is 3.82. The molecule has 1 aliphatic rings. The molecule has 2 aromatic rings. The van der Waals surface area contributed by atoms with Crippen molar-refractivity contribution in [2.24, 2.45) is 0 Å². The van der Waals surface area contributed by atoms with Crippen LogP contribution in [0.25, 0.3) is 0 Å². The van der Waals surface area contributed by atoms with Crippen molar-refractivity contribution in [3.8, 4) is 0 Å². The number of nitrogens with one attached hydrogen (secondary N) is 2. The van der Waals surface area contributed by atoms with E-state index >= 15 is 0 Å². The van der Waals surface area contributed by atoms with E-state index in [1.807, 2.05) is 0 Å². The maximum atomic E-state index is 12.6. The molecule has 0 atom stereocenters. The van der Waals surface area contributed by atoms with Crippen molar-refractivity contribution in [2.45, 2.75) is 25.6 Å². The van der Waals surface area contributed by atoms with Crippen LogP contribution < -0.4 is 21.0 Å². The van der Waals surface area contributed by atoms with E-state index in [9.17, 15) is 18.0 Å². The quantitative estimate of drug-likeness (QED) is 0.840. The number of nitrogens with zero attached hydrogens (tertiary/aromatic N) is 2. The predicted octanol–water partition coefficient (Wildman–Crippen LogP) is 1.62. The van der Waals surface area contributed by atoms with Crippen LogP contribution in [0.3, 0.4) is 0 Å². The highest BCUT2D eigenvalue weighted by Gasteiger charge is 2.29. The van der Waals surface area contributed by atoms with Crippen LogP contribution in [0.4, 0.5) is 19.1 Å². The molecule has 1 aliphatic heterocycles. The van der Waals surface area contributed by atoms with Crippen LogP contribution in [0.5, 0.6) is 0 Å². The first-order chi connectivity index (χ1) is 12.4. The van der Waals surface area contributed by atoms with E-state index in [4.69, 9.17) is 4.84 Å². The highest BCUT2D eigenvalue weighted by atomic mass is 19.4. The summed E-state index contributed by atoms with van der Waals surface area (Å²) in [5.41, 5.74) is 1.14. The number of aromatic nitrogens is 2. The third-order valence-corrected chi connectivity index (χ3v) is 4.23. The van der Waals surface area contributed by atoms with Crippen LogP contribution >= 0.6 is 0 Å². The van der Waals surface area contributed by atoms with E-state index in [0.717, 1.165) is 34.7 Å². The molecule has 0 spiro atoms. The van der Waals surface area contributed by atoms with Crippen molar-refractivity contribution in [2.75, 3.05) is 25.5 Å². The Bertz CT molecular complexity index is 832. The average molecular weight is 368 g/mol. The number of hydrogen-bond acceptors (Lipinski definition) is 5. The SMILES string of the molecule is COn1c(NCCc2ccc(C(F)(F)F)cc2)nc2c(c1=O)CNCC2.